The summed E-state index contributed by atoms with van der Waals surface area (Å²) < 4.78 is 0. The standard InChI is InChI=1S/C18H19N3O/c1-11-5-4-6-12(2)18(11)21-17(22)10-14-7-8-15-16(9-14)20-13(3)19-15/h4-9H,10H2,1-3H3,(H,19,20)(H,21,22). The van der Waals surface area contributed by atoms with Crippen molar-refractivity contribution in [2.24, 2.45) is 0 Å². The number of aryl methyl sites for hydroxylation is 3. The Kier molecular flexibility index (Phi) is 3.67. The molecule has 0 bridgehead atoms. The minimum absolute atomic E-state index is 0.00649. The summed E-state index contributed by atoms with van der Waals surface area (Å²) >= 11 is 0. The van der Waals surface area contributed by atoms with E-state index in [1.807, 2.05) is 57.2 Å². The van der Waals surface area contributed by atoms with Crippen molar-refractivity contribution in [3.63, 3.8) is 0 Å². The summed E-state index contributed by atoms with van der Waals surface area (Å²) in [6, 6.07) is 11.9. The second-order valence-electron chi connectivity index (χ2n) is 5.67. The van der Waals surface area contributed by atoms with E-state index in [1.54, 1.807) is 0 Å². The van der Waals surface area contributed by atoms with E-state index in [4.69, 9.17) is 0 Å². The molecule has 3 rings (SSSR count). The number of nitrogens with zero attached hydrogens (tertiary/aromatic N) is 1. The van der Waals surface area contributed by atoms with Gasteiger partial charge in [0.2, 0.25) is 5.91 Å². The van der Waals surface area contributed by atoms with E-state index < -0.39 is 0 Å². The Hall–Kier alpha value is -2.62. The van der Waals surface area contributed by atoms with Crippen molar-refractivity contribution in [1.29, 1.82) is 0 Å². The van der Waals surface area contributed by atoms with Gasteiger partial charge in [0.25, 0.3) is 0 Å². The van der Waals surface area contributed by atoms with E-state index in [0.29, 0.717) is 6.42 Å². The van der Waals surface area contributed by atoms with E-state index in [2.05, 4.69) is 15.3 Å². The normalized spacial score (nSPS) is 10.9. The SMILES string of the molecule is Cc1nc2ccc(CC(=O)Nc3c(C)cccc3C)cc2[nH]1. The van der Waals surface area contributed by atoms with E-state index in [-0.39, 0.29) is 5.91 Å². The van der Waals surface area contributed by atoms with Gasteiger partial charge in [-0.3, -0.25) is 4.79 Å². The van der Waals surface area contributed by atoms with Crippen LogP contribution in [0.3, 0.4) is 0 Å². The van der Waals surface area contributed by atoms with E-state index in [1.165, 1.54) is 0 Å². The van der Waals surface area contributed by atoms with Gasteiger partial charge in [-0.05, 0) is 49.6 Å². The minimum Gasteiger partial charge on any atom is -0.342 e. The van der Waals surface area contributed by atoms with E-state index in [9.17, 15) is 4.79 Å². The molecular weight excluding hydrogens is 274 g/mol. The summed E-state index contributed by atoms with van der Waals surface area (Å²) in [5.41, 5.74) is 5.93. The number of para-hydroxylation sites is 1. The van der Waals surface area contributed by atoms with Gasteiger partial charge in [0.05, 0.1) is 17.5 Å². The molecule has 0 fully saturated rings. The van der Waals surface area contributed by atoms with Crippen LogP contribution in [0.15, 0.2) is 36.4 Å². The lowest BCUT2D eigenvalue weighted by Crippen LogP contribution is -2.16. The second kappa shape index (κ2) is 5.64. The number of carbonyl (C=O) groups is 1. The molecule has 0 radical (unpaired) electrons. The number of aromatic amines is 1. The van der Waals surface area contributed by atoms with Crippen LogP contribution in [0.5, 0.6) is 0 Å². The molecule has 0 saturated carbocycles. The molecule has 0 saturated heterocycles. The summed E-state index contributed by atoms with van der Waals surface area (Å²) in [6.45, 7) is 5.93. The first kappa shape index (κ1) is 14.3. The third-order valence-corrected chi connectivity index (χ3v) is 3.77. The summed E-state index contributed by atoms with van der Waals surface area (Å²) in [4.78, 5) is 19.9. The lowest BCUT2D eigenvalue weighted by Gasteiger charge is -2.11. The summed E-state index contributed by atoms with van der Waals surface area (Å²) in [7, 11) is 0. The number of anilines is 1. The largest absolute Gasteiger partial charge is 0.342 e. The lowest BCUT2D eigenvalue weighted by molar-refractivity contribution is -0.115. The molecule has 2 aromatic carbocycles. The molecular formula is C18H19N3O. The smallest absolute Gasteiger partial charge is 0.228 e. The second-order valence-corrected chi connectivity index (χ2v) is 5.67. The number of hydrogen-bond donors (Lipinski definition) is 2. The fourth-order valence-electron chi connectivity index (χ4n) is 2.67. The van der Waals surface area contributed by atoms with Crippen molar-refractivity contribution < 1.29 is 4.79 Å². The zero-order valence-corrected chi connectivity index (χ0v) is 13.0. The van der Waals surface area contributed by atoms with Crippen molar-refractivity contribution in [2.75, 3.05) is 5.32 Å². The maximum absolute atomic E-state index is 12.3. The van der Waals surface area contributed by atoms with Crippen molar-refractivity contribution >= 4 is 22.6 Å². The maximum Gasteiger partial charge on any atom is 0.228 e. The van der Waals surface area contributed by atoms with Crippen molar-refractivity contribution in [1.82, 2.24) is 9.97 Å². The monoisotopic (exact) mass is 293 g/mol. The van der Waals surface area contributed by atoms with Crippen molar-refractivity contribution in [3.05, 3.63) is 58.9 Å². The van der Waals surface area contributed by atoms with Gasteiger partial charge >= 0.3 is 0 Å². The number of aromatic nitrogens is 2. The molecule has 0 aliphatic rings. The summed E-state index contributed by atoms with van der Waals surface area (Å²) in [6.07, 6.45) is 0.349. The van der Waals surface area contributed by atoms with Gasteiger partial charge in [0.1, 0.15) is 5.82 Å². The van der Waals surface area contributed by atoms with Crippen molar-refractivity contribution in [3.8, 4) is 0 Å². The molecule has 1 aromatic heterocycles. The Labute approximate surface area is 129 Å². The first-order chi connectivity index (χ1) is 10.5. The average Bonchev–Trinajstić information content (AvgIpc) is 2.82. The maximum atomic E-state index is 12.3. The zero-order valence-electron chi connectivity index (χ0n) is 13.0. The van der Waals surface area contributed by atoms with Crippen LogP contribution in [0.2, 0.25) is 0 Å². The van der Waals surface area contributed by atoms with Gasteiger partial charge in [-0.15, -0.1) is 0 Å². The van der Waals surface area contributed by atoms with Crippen molar-refractivity contribution in [2.45, 2.75) is 27.2 Å². The first-order valence-electron chi connectivity index (χ1n) is 7.34. The summed E-state index contributed by atoms with van der Waals surface area (Å²) in [5, 5.41) is 3.02. The Morgan fingerprint density at radius 1 is 1.14 bits per heavy atom. The first-order valence-corrected chi connectivity index (χ1v) is 7.34. The topological polar surface area (TPSA) is 57.8 Å². The molecule has 1 amide bonds. The van der Waals surface area contributed by atoms with Crippen LogP contribution >= 0.6 is 0 Å². The van der Waals surface area contributed by atoms with Gasteiger partial charge in [0, 0.05) is 5.69 Å². The van der Waals surface area contributed by atoms with Crippen LogP contribution in [0.25, 0.3) is 11.0 Å². The van der Waals surface area contributed by atoms with Crippen LogP contribution in [-0.4, -0.2) is 15.9 Å². The molecule has 0 unspecified atom stereocenters. The van der Waals surface area contributed by atoms with Gasteiger partial charge in [0.15, 0.2) is 0 Å². The van der Waals surface area contributed by atoms with Crippen LogP contribution in [0.4, 0.5) is 5.69 Å². The van der Waals surface area contributed by atoms with Crippen LogP contribution in [-0.2, 0) is 11.2 Å². The molecule has 4 nitrogen and oxygen atoms in total. The van der Waals surface area contributed by atoms with Gasteiger partial charge in [-0.1, -0.05) is 24.3 Å². The number of rotatable bonds is 3. The third kappa shape index (κ3) is 2.86. The number of imidazole rings is 1. The molecule has 3 aromatic rings. The third-order valence-electron chi connectivity index (χ3n) is 3.77. The average molecular weight is 293 g/mol. The molecule has 0 spiro atoms. The molecule has 2 N–H and O–H groups in total. The number of amides is 1. The van der Waals surface area contributed by atoms with Gasteiger partial charge < -0.3 is 10.3 Å². The number of benzene rings is 2. The van der Waals surface area contributed by atoms with Crippen LogP contribution < -0.4 is 5.32 Å². The Bertz CT molecular complexity index is 828. The molecule has 22 heavy (non-hydrogen) atoms. The lowest BCUT2D eigenvalue weighted by atomic mass is 10.1. The molecule has 0 atom stereocenters. The highest BCUT2D eigenvalue weighted by molar-refractivity contribution is 5.94. The number of carbonyl (C=O) groups excluding carboxylic acids is 1. The highest BCUT2D eigenvalue weighted by Crippen LogP contribution is 2.20. The van der Waals surface area contributed by atoms with E-state index >= 15 is 0 Å². The molecule has 0 aliphatic carbocycles. The highest BCUT2D eigenvalue weighted by atomic mass is 16.1. The number of fused-ring (bicyclic) bond motifs is 1. The zero-order chi connectivity index (χ0) is 15.7. The fraction of sp³-hybridized carbons (Fsp3) is 0.222. The Balaban J connectivity index is 1.78. The molecule has 4 heteroatoms. The van der Waals surface area contributed by atoms with E-state index in [0.717, 1.165) is 39.2 Å². The Morgan fingerprint density at radius 3 is 2.59 bits per heavy atom. The quantitative estimate of drug-likeness (QED) is 0.774. The molecule has 0 aliphatic heterocycles. The fourth-order valence-corrected chi connectivity index (χ4v) is 2.67. The number of H-pyrrole nitrogens is 1. The number of hydrogen-bond acceptors (Lipinski definition) is 2. The van der Waals surface area contributed by atoms with Crippen LogP contribution in [0.1, 0.15) is 22.5 Å². The number of nitrogens with one attached hydrogen (secondary N) is 2. The predicted octanol–water partition coefficient (Wildman–Crippen LogP) is 3.67. The van der Waals surface area contributed by atoms with Gasteiger partial charge in [-0.25, -0.2) is 4.98 Å². The Morgan fingerprint density at radius 2 is 1.86 bits per heavy atom. The molecule has 112 valence electrons. The molecule has 1 heterocycles. The summed E-state index contributed by atoms with van der Waals surface area (Å²) in [5.74, 6) is 0.875. The van der Waals surface area contributed by atoms with Gasteiger partial charge in [-0.2, -0.15) is 0 Å². The van der Waals surface area contributed by atoms with Crippen LogP contribution in [0, 0.1) is 20.8 Å². The predicted molar refractivity (Wildman–Crippen MR) is 89.1 cm³/mol. The highest BCUT2D eigenvalue weighted by Gasteiger charge is 2.09. The minimum atomic E-state index is -0.00649.